The number of nitrogens with one attached hydrogen (secondary N) is 1. The van der Waals surface area contributed by atoms with Crippen LogP contribution in [0.15, 0.2) is 52.5 Å². The molecule has 2 aromatic rings. The van der Waals surface area contributed by atoms with Gasteiger partial charge in [0.1, 0.15) is 0 Å². The molecule has 1 aromatic heterocycles. The van der Waals surface area contributed by atoms with Crippen molar-refractivity contribution >= 4 is 11.8 Å². The van der Waals surface area contributed by atoms with Gasteiger partial charge >= 0.3 is 0 Å². The largest absolute Gasteiger partial charge is 0.341 e. The minimum atomic E-state index is 0.495. The number of piperazine rings is 1. The van der Waals surface area contributed by atoms with E-state index in [-0.39, 0.29) is 0 Å². The Balaban J connectivity index is 1.76. The van der Waals surface area contributed by atoms with Crippen molar-refractivity contribution < 1.29 is 0 Å². The standard InChI is InChI=1S/C16H19N3S/c1-2-5-15-13(4-1)14(18-10-7-17-8-11-18)12-19-9-3-6-16(19)20-15/h1-6,9,14,17H,7-8,10-12H2. The third-order valence-corrected chi connectivity index (χ3v) is 5.41. The van der Waals surface area contributed by atoms with Crippen molar-refractivity contribution in [2.24, 2.45) is 0 Å². The fourth-order valence-corrected chi connectivity index (χ4v) is 4.29. The van der Waals surface area contributed by atoms with Crippen LogP contribution in [0.3, 0.4) is 0 Å². The lowest BCUT2D eigenvalue weighted by Crippen LogP contribution is -2.46. The maximum Gasteiger partial charge on any atom is 0.0797 e. The van der Waals surface area contributed by atoms with Gasteiger partial charge in [-0.05, 0) is 23.8 Å². The fraction of sp³-hybridized carbons (Fsp3) is 0.375. The molecule has 1 fully saturated rings. The van der Waals surface area contributed by atoms with Crippen molar-refractivity contribution in [1.82, 2.24) is 14.8 Å². The van der Waals surface area contributed by atoms with Gasteiger partial charge in [-0.25, -0.2) is 0 Å². The number of benzene rings is 1. The summed E-state index contributed by atoms with van der Waals surface area (Å²) in [5.74, 6) is 0. The summed E-state index contributed by atoms with van der Waals surface area (Å²) in [5.41, 5.74) is 1.49. The van der Waals surface area contributed by atoms with Gasteiger partial charge in [0, 0.05) is 43.8 Å². The molecular formula is C16H19N3S. The fourth-order valence-electron chi connectivity index (χ4n) is 3.19. The molecule has 4 heteroatoms. The van der Waals surface area contributed by atoms with Crippen LogP contribution >= 0.6 is 11.8 Å². The summed E-state index contributed by atoms with van der Waals surface area (Å²) in [4.78, 5) is 4.04. The summed E-state index contributed by atoms with van der Waals surface area (Å²) in [6.07, 6.45) is 2.21. The monoisotopic (exact) mass is 285 g/mol. The third-order valence-electron chi connectivity index (χ3n) is 4.24. The summed E-state index contributed by atoms with van der Waals surface area (Å²) in [6.45, 7) is 5.54. The number of hydrogen-bond acceptors (Lipinski definition) is 3. The predicted molar refractivity (Wildman–Crippen MR) is 82.2 cm³/mol. The van der Waals surface area contributed by atoms with E-state index in [4.69, 9.17) is 0 Å². The van der Waals surface area contributed by atoms with Crippen LogP contribution in [0.2, 0.25) is 0 Å². The van der Waals surface area contributed by atoms with Crippen molar-refractivity contribution in [3.8, 4) is 0 Å². The number of aromatic nitrogens is 1. The molecule has 0 aliphatic carbocycles. The van der Waals surface area contributed by atoms with Gasteiger partial charge in [0.15, 0.2) is 0 Å². The first-order chi connectivity index (χ1) is 9.92. The highest BCUT2D eigenvalue weighted by molar-refractivity contribution is 7.99. The lowest BCUT2D eigenvalue weighted by molar-refractivity contribution is 0.155. The molecule has 3 nitrogen and oxygen atoms in total. The summed E-state index contributed by atoms with van der Waals surface area (Å²) >= 11 is 1.90. The molecule has 1 aromatic carbocycles. The van der Waals surface area contributed by atoms with E-state index in [9.17, 15) is 0 Å². The molecule has 104 valence electrons. The van der Waals surface area contributed by atoms with Crippen LogP contribution in [0.1, 0.15) is 11.6 Å². The molecule has 0 bridgehead atoms. The summed E-state index contributed by atoms with van der Waals surface area (Å²) in [6, 6.07) is 13.8. The number of rotatable bonds is 1. The molecule has 1 unspecified atom stereocenters. The molecule has 2 aliphatic rings. The zero-order valence-electron chi connectivity index (χ0n) is 11.5. The van der Waals surface area contributed by atoms with Gasteiger partial charge in [0.05, 0.1) is 11.1 Å². The Bertz CT molecular complexity index is 601. The van der Waals surface area contributed by atoms with E-state index in [1.54, 1.807) is 0 Å². The third kappa shape index (κ3) is 2.18. The zero-order valence-corrected chi connectivity index (χ0v) is 12.3. The summed E-state index contributed by atoms with van der Waals surface area (Å²) < 4.78 is 2.40. The molecule has 2 aliphatic heterocycles. The predicted octanol–water partition coefficient (Wildman–Crippen LogP) is 2.60. The molecule has 0 radical (unpaired) electrons. The van der Waals surface area contributed by atoms with Gasteiger partial charge < -0.3 is 9.88 Å². The first kappa shape index (κ1) is 12.5. The average Bonchev–Trinajstić information content (AvgIpc) is 2.87. The van der Waals surface area contributed by atoms with Crippen LogP contribution in [-0.4, -0.2) is 35.6 Å². The van der Waals surface area contributed by atoms with E-state index in [1.165, 1.54) is 15.5 Å². The van der Waals surface area contributed by atoms with Crippen molar-refractivity contribution in [3.63, 3.8) is 0 Å². The molecule has 3 heterocycles. The summed E-state index contributed by atoms with van der Waals surface area (Å²) in [5, 5.41) is 4.81. The van der Waals surface area contributed by atoms with E-state index in [0.717, 1.165) is 32.7 Å². The van der Waals surface area contributed by atoms with Gasteiger partial charge in [-0.1, -0.05) is 30.0 Å². The molecule has 0 spiro atoms. The Labute approximate surface area is 124 Å². The Morgan fingerprint density at radius 3 is 2.80 bits per heavy atom. The minimum Gasteiger partial charge on any atom is -0.341 e. The van der Waals surface area contributed by atoms with E-state index >= 15 is 0 Å². The molecule has 0 saturated carbocycles. The quantitative estimate of drug-likeness (QED) is 0.870. The normalized spacial score (nSPS) is 22.9. The number of nitrogens with zero attached hydrogens (tertiary/aromatic N) is 2. The molecule has 4 rings (SSSR count). The molecular weight excluding hydrogens is 266 g/mol. The van der Waals surface area contributed by atoms with Gasteiger partial charge in [-0.15, -0.1) is 0 Å². The number of fused-ring (bicyclic) bond motifs is 2. The van der Waals surface area contributed by atoms with Crippen LogP contribution in [0.4, 0.5) is 0 Å². The van der Waals surface area contributed by atoms with Crippen LogP contribution in [0.25, 0.3) is 0 Å². The van der Waals surface area contributed by atoms with E-state index < -0.39 is 0 Å². The highest BCUT2D eigenvalue weighted by Crippen LogP contribution is 2.40. The smallest absolute Gasteiger partial charge is 0.0797 e. The summed E-state index contributed by atoms with van der Waals surface area (Å²) in [7, 11) is 0. The van der Waals surface area contributed by atoms with Crippen molar-refractivity contribution in [2.45, 2.75) is 22.5 Å². The Morgan fingerprint density at radius 1 is 1.05 bits per heavy atom. The Hall–Kier alpha value is -1.23. The topological polar surface area (TPSA) is 20.2 Å². The van der Waals surface area contributed by atoms with Gasteiger partial charge in [0.25, 0.3) is 0 Å². The first-order valence-corrected chi connectivity index (χ1v) is 8.10. The van der Waals surface area contributed by atoms with Crippen LogP contribution in [-0.2, 0) is 6.54 Å². The second-order valence-corrected chi connectivity index (χ2v) is 6.50. The maximum atomic E-state index is 3.45. The van der Waals surface area contributed by atoms with Gasteiger partial charge in [-0.3, -0.25) is 4.90 Å². The molecule has 1 saturated heterocycles. The zero-order chi connectivity index (χ0) is 13.4. The minimum absolute atomic E-state index is 0.495. The van der Waals surface area contributed by atoms with Gasteiger partial charge in [-0.2, -0.15) is 0 Å². The molecule has 0 amide bonds. The van der Waals surface area contributed by atoms with Crippen molar-refractivity contribution in [1.29, 1.82) is 0 Å². The molecule has 1 atom stereocenters. The Morgan fingerprint density at radius 2 is 1.90 bits per heavy atom. The van der Waals surface area contributed by atoms with Crippen LogP contribution in [0, 0.1) is 0 Å². The van der Waals surface area contributed by atoms with E-state index in [1.807, 2.05) is 11.8 Å². The lowest BCUT2D eigenvalue weighted by Gasteiger charge is -2.35. The van der Waals surface area contributed by atoms with Gasteiger partial charge in [0.2, 0.25) is 0 Å². The van der Waals surface area contributed by atoms with Crippen LogP contribution in [0.5, 0.6) is 0 Å². The number of hydrogen-bond donors (Lipinski definition) is 1. The Kier molecular flexibility index (Phi) is 3.30. The highest BCUT2D eigenvalue weighted by atomic mass is 32.2. The highest BCUT2D eigenvalue weighted by Gasteiger charge is 2.27. The van der Waals surface area contributed by atoms with E-state index in [0.29, 0.717) is 6.04 Å². The van der Waals surface area contributed by atoms with Crippen molar-refractivity contribution in [3.05, 3.63) is 48.2 Å². The molecule has 20 heavy (non-hydrogen) atoms. The van der Waals surface area contributed by atoms with E-state index in [2.05, 4.69) is 57.4 Å². The van der Waals surface area contributed by atoms with Crippen LogP contribution < -0.4 is 5.32 Å². The first-order valence-electron chi connectivity index (χ1n) is 7.28. The lowest BCUT2D eigenvalue weighted by atomic mass is 10.0. The van der Waals surface area contributed by atoms with Crippen molar-refractivity contribution in [2.75, 3.05) is 26.2 Å². The second-order valence-electron chi connectivity index (χ2n) is 5.44. The SMILES string of the molecule is c1ccc2c(c1)Sc1cccn1CC2N1CCNCC1. The maximum absolute atomic E-state index is 3.45. The second kappa shape index (κ2) is 5.28. The molecule has 1 N–H and O–H groups in total. The average molecular weight is 285 g/mol.